The average molecular weight is 314 g/mol. The zero-order chi connectivity index (χ0) is 16.6. The van der Waals surface area contributed by atoms with Gasteiger partial charge in [0.05, 0.1) is 12.2 Å². The number of rotatable bonds is 2. The standard InChI is InChI=1S/C18H22N2O3/c1-11-4-5-14(15(19)8-11)16-6-7-17(23-16)18(21)20-9-12(2)22-13(3)10-20/h4-8,12-13H,9-10,19H2,1-3H3/t12-,13-/m1/s1. The van der Waals surface area contributed by atoms with Gasteiger partial charge in [0.15, 0.2) is 5.76 Å². The number of nitrogens with two attached hydrogens (primary N) is 1. The van der Waals surface area contributed by atoms with E-state index in [0.717, 1.165) is 11.1 Å². The first kappa shape index (κ1) is 15.6. The van der Waals surface area contributed by atoms with E-state index >= 15 is 0 Å². The van der Waals surface area contributed by atoms with Crippen LogP contribution in [0.5, 0.6) is 0 Å². The minimum Gasteiger partial charge on any atom is -0.451 e. The van der Waals surface area contributed by atoms with Gasteiger partial charge in [-0.15, -0.1) is 0 Å². The van der Waals surface area contributed by atoms with E-state index in [1.165, 1.54) is 0 Å². The molecular formula is C18H22N2O3. The first-order chi connectivity index (χ1) is 10.9. The number of nitrogen functional groups attached to an aromatic ring is 1. The van der Waals surface area contributed by atoms with Gasteiger partial charge in [0, 0.05) is 24.3 Å². The van der Waals surface area contributed by atoms with Crippen LogP contribution in [0.15, 0.2) is 34.7 Å². The lowest BCUT2D eigenvalue weighted by Gasteiger charge is -2.34. The Bertz CT molecular complexity index is 713. The second-order valence-corrected chi connectivity index (χ2v) is 6.22. The number of furan rings is 1. The summed E-state index contributed by atoms with van der Waals surface area (Å²) in [6, 6.07) is 9.28. The molecule has 0 bridgehead atoms. The van der Waals surface area contributed by atoms with Crippen molar-refractivity contribution in [2.24, 2.45) is 0 Å². The zero-order valence-electron chi connectivity index (χ0n) is 13.7. The van der Waals surface area contributed by atoms with Crippen LogP contribution in [0, 0.1) is 6.92 Å². The fourth-order valence-electron chi connectivity index (χ4n) is 3.00. The molecule has 1 aliphatic heterocycles. The number of carbonyl (C=O) groups is 1. The van der Waals surface area contributed by atoms with Gasteiger partial charge >= 0.3 is 0 Å². The summed E-state index contributed by atoms with van der Waals surface area (Å²) < 4.78 is 11.4. The molecule has 2 aromatic rings. The maximum absolute atomic E-state index is 12.6. The summed E-state index contributed by atoms with van der Waals surface area (Å²) in [5.41, 5.74) is 8.58. The second-order valence-electron chi connectivity index (χ2n) is 6.22. The van der Waals surface area contributed by atoms with Crippen molar-refractivity contribution in [2.75, 3.05) is 18.8 Å². The third-order valence-electron chi connectivity index (χ3n) is 4.00. The molecule has 2 atom stereocenters. The molecule has 0 radical (unpaired) electrons. The molecule has 0 aliphatic carbocycles. The van der Waals surface area contributed by atoms with Gasteiger partial charge in [0.25, 0.3) is 5.91 Å². The molecular weight excluding hydrogens is 292 g/mol. The summed E-state index contributed by atoms with van der Waals surface area (Å²) in [5, 5.41) is 0. The highest BCUT2D eigenvalue weighted by Crippen LogP contribution is 2.29. The third kappa shape index (κ3) is 3.24. The van der Waals surface area contributed by atoms with Gasteiger partial charge in [-0.2, -0.15) is 0 Å². The molecule has 2 heterocycles. The van der Waals surface area contributed by atoms with Crippen LogP contribution < -0.4 is 5.73 Å². The van der Waals surface area contributed by atoms with E-state index < -0.39 is 0 Å². The minimum atomic E-state index is -0.107. The molecule has 1 saturated heterocycles. The van der Waals surface area contributed by atoms with Crippen molar-refractivity contribution < 1.29 is 13.9 Å². The van der Waals surface area contributed by atoms with Gasteiger partial charge in [-0.25, -0.2) is 0 Å². The van der Waals surface area contributed by atoms with Crippen molar-refractivity contribution in [3.05, 3.63) is 41.7 Å². The Hall–Kier alpha value is -2.27. The number of hydrogen-bond donors (Lipinski definition) is 1. The van der Waals surface area contributed by atoms with Gasteiger partial charge < -0.3 is 19.8 Å². The van der Waals surface area contributed by atoms with Crippen LogP contribution in [0.2, 0.25) is 0 Å². The maximum Gasteiger partial charge on any atom is 0.289 e. The Morgan fingerprint density at radius 2 is 1.87 bits per heavy atom. The van der Waals surface area contributed by atoms with Crippen molar-refractivity contribution in [3.8, 4) is 11.3 Å². The lowest BCUT2D eigenvalue weighted by Crippen LogP contribution is -2.48. The van der Waals surface area contributed by atoms with Gasteiger partial charge in [-0.1, -0.05) is 6.07 Å². The highest BCUT2D eigenvalue weighted by molar-refractivity contribution is 5.92. The lowest BCUT2D eigenvalue weighted by atomic mass is 10.1. The van der Waals surface area contributed by atoms with E-state index in [0.29, 0.717) is 30.3 Å². The molecule has 5 heteroatoms. The maximum atomic E-state index is 12.6. The number of hydrogen-bond acceptors (Lipinski definition) is 4. The number of carbonyl (C=O) groups excluding carboxylic acids is 1. The quantitative estimate of drug-likeness (QED) is 0.865. The molecule has 122 valence electrons. The fraction of sp³-hybridized carbons (Fsp3) is 0.389. The molecule has 1 amide bonds. The van der Waals surface area contributed by atoms with Gasteiger partial charge in [0.1, 0.15) is 5.76 Å². The monoisotopic (exact) mass is 314 g/mol. The summed E-state index contributed by atoms with van der Waals surface area (Å²) in [4.78, 5) is 14.4. The SMILES string of the molecule is Cc1ccc(-c2ccc(C(=O)N3C[C@@H](C)O[C@H](C)C3)o2)c(N)c1. The lowest BCUT2D eigenvalue weighted by molar-refractivity contribution is -0.0592. The van der Waals surface area contributed by atoms with E-state index in [-0.39, 0.29) is 18.1 Å². The van der Waals surface area contributed by atoms with Crippen molar-refractivity contribution in [1.82, 2.24) is 4.90 Å². The molecule has 0 saturated carbocycles. The number of amides is 1. The van der Waals surface area contributed by atoms with Crippen LogP contribution in [-0.4, -0.2) is 36.1 Å². The molecule has 1 aromatic carbocycles. The third-order valence-corrected chi connectivity index (χ3v) is 4.00. The highest BCUT2D eigenvalue weighted by atomic mass is 16.5. The summed E-state index contributed by atoms with van der Waals surface area (Å²) in [6.45, 7) is 7.07. The number of aryl methyl sites for hydroxylation is 1. The van der Waals surface area contributed by atoms with Crippen molar-refractivity contribution in [1.29, 1.82) is 0 Å². The number of morpholine rings is 1. The van der Waals surface area contributed by atoms with Crippen LogP contribution in [0.3, 0.4) is 0 Å². The van der Waals surface area contributed by atoms with Crippen LogP contribution in [0.1, 0.15) is 30.0 Å². The summed E-state index contributed by atoms with van der Waals surface area (Å²) >= 11 is 0. The van der Waals surface area contributed by atoms with E-state index in [1.807, 2.05) is 39.0 Å². The van der Waals surface area contributed by atoms with E-state index in [4.69, 9.17) is 14.9 Å². The molecule has 1 fully saturated rings. The molecule has 1 aliphatic rings. The summed E-state index contributed by atoms with van der Waals surface area (Å²) in [6.07, 6.45) is 0.0646. The molecule has 2 N–H and O–H groups in total. The summed E-state index contributed by atoms with van der Waals surface area (Å²) in [7, 11) is 0. The Kier molecular flexibility index (Phi) is 4.13. The van der Waals surface area contributed by atoms with Crippen LogP contribution in [0.4, 0.5) is 5.69 Å². The Morgan fingerprint density at radius 1 is 1.17 bits per heavy atom. The smallest absolute Gasteiger partial charge is 0.289 e. The zero-order valence-corrected chi connectivity index (χ0v) is 13.7. The normalized spacial score (nSPS) is 21.4. The highest BCUT2D eigenvalue weighted by Gasteiger charge is 2.28. The van der Waals surface area contributed by atoms with E-state index in [9.17, 15) is 4.79 Å². The topological polar surface area (TPSA) is 68.7 Å². The van der Waals surface area contributed by atoms with E-state index in [2.05, 4.69) is 0 Å². The van der Waals surface area contributed by atoms with Gasteiger partial charge in [-0.05, 0) is 50.6 Å². The summed E-state index contributed by atoms with van der Waals surface area (Å²) in [5.74, 6) is 0.838. The van der Waals surface area contributed by atoms with E-state index in [1.54, 1.807) is 17.0 Å². The van der Waals surface area contributed by atoms with Gasteiger partial charge in [0.2, 0.25) is 0 Å². The Labute approximate surface area is 136 Å². The Balaban J connectivity index is 1.82. The van der Waals surface area contributed by atoms with Crippen LogP contribution >= 0.6 is 0 Å². The predicted molar refractivity (Wildman–Crippen MR) is 89.2 cm³/mol. The molecule has 5 nitrogen and oxygen atoms in total. The number of anilines is 1. The molecule has 0 spiro atoms. The fourth-order valence-corrected chi connectivity index (χ4v) is 3.00. The number of benzene rings is 1. The largest absolute Gasteiger partial charge is 0.451 e. The molecule has 3 rings (SSSR count). The van der Waals surface area contributed by atoms with Crippen molar-refractivity contribution in [2.45, 2.75) is 33.0 Å². The Morgan fingerprint density at radius 3 is 2.52 bits per heavy atom. The average Bonchev–Trinajstić information content (AvgIpc) is 2.95. The van der Waals surface area contributed by atoms with Crippen LogP contribution in [-0.2, 0) is 4.74 Å². The molecule has 1 aromatic heterocycles. The van der Waals surface area contributed by atoms with Crippen molar-refractivity contribution >= 4 is 11.6 Å². The number of ether oxygens (including phenoxy) is 1. The number of nitrogens with zero attached hydrogens (tertiary/aromatic N) is 1. The van der Waals surface area contributed by atoms with Crippen LogP contribution in [0.25, 0.3) is 11.3 Å². The van der Waals surface area contributed by atoms with Crippen molar-refractivity contribution in [3.63, 3.8) is 0 Å². The first-order valence-corrected chi connectivity index (χ1v) is 7.85. The minimum absolute atomic E-state index is 0.0323. The van der Waals surface area contributed by atoms with Gasteiger partial charge in [-0.3, -0.25) is 4.79 Å². The predicted octanol–water partition coefficient (Wildman–Crippen LogP) is 3.09. The molecule has 23 heavy (non-hydrogen) atoms. The first-order valence-electron chi connectivity index (χ1n) is 7.85. The molecule has 0 unspecified atom stereocenters. The second kappa shape index (κ2) is 6.08.